The van der Waals surface area contributed by atoms with E-state index in [2.05, 4.69) is 10.2 Å². The predicted molar refractivity (Wildman–Crippen MR) is 52.7 cm³/mol. The van der Waals surface area contributed by atoms with Crippen molar-refractivity contribution in [3.05, 3.63) is 33.0 Å². The molecule has 0 spiro atoms. The monoisotopic (exact) mass is 247 g/mol. The molecule has 0 bridgehead atoms. The van der Waals surface area contributed by atoms with E-state index in [-0.39, 0.29) is 15.9 Å². The van der Waals surface area contributed by atoms with Crippen molar-refractivity contribution in [3.63, 3.8) is 0 Å². The first-order valence-corrected chi connectivity index (χ1v) is 4.48. The third-order valence-corrected chi connectivity index (χ3v) is 2.27. The summed E-state index contributed by atoms with van der Waals surface area (Å²) in [4.78, 5) is 9.93. The first-order valence-electron chi connectivity index (χ1n) is 4.10. The summed E-state index contributed by atoms with van der Waals surface area (Å²) in [5, 5.41) is 16.2. The number of hydrogen-bond acceptors (Lipinski definition) is 3. The SMILES string of the molecule is O=[N+]([O-])c1cc(Cl)cc2c(C(F)F)[nH]nc12. The van der Waals surface area contributed by atoms with E-state index in [1.165, 1.54) is 6.07 Å². The number of nitrogens with zero attached hydrogens (tertiary/aromatic N) is 2. The predicted octanol–water partition coefficient (Wildman–Crippen LogP) is 3.06. The molecule has 0 saturated heterocycles. The summed E-state index contributed by atoms with van der Waals surface area (Å²) in [6.07, 6.45) is -2.79. The second-order valence-electron chi connectivity index (χ2n) is 3.02. The molecule has 0 aliphatic rings. The second-order valence-corrected chi connectivity index (χ2v) is 3.45. The molecule has 0 atom stereocenters. The fourth-order valence-corrected chi connectivity index (χ4v) is 1.60. The molecule has 5 nitrogen and oxygen atoms in total. The Morgan fingerprint density at radius 1 is 1.50 bits per heavy atom. The molecule has 8 heteroatoms. The first-order chi connectivity index (χ1) is 7.50. The molecule has 1 aromatic heterocycles. The maximum Gasteiger partial charge on any atom is 0.298 e. The fourth-order valence-electron chi connectivity index (χ4n) is 1.39. The second kappa shape index (κ2) is 3.67. The Balaban J connectivity index is 2.81. The summed E-state index contributed by atoms with van der Waals surface area (Å²) >= 11 is 5.61. The molecular formula is C8H4ClF2N3O2. The number of nitro groups is 1. The van der Waals surface area contributed by atoms with Crippen LogP contribution in [0.1, 0.15) is 12.1 Å². The largest absolute Gasteiger partial charge is 0.298 e. The number of aromatic amines is 1. The number of nitro benzene ring substituents is 1. The molecule has 2 rings (SSSR count). The van der Waals surface area contributed by atoms with Crippen molar-refractivity contribution in [2.45, 2.75) is 6.43 Å². The third-order valence-electron chi connectivity index (χ3n) is 2.05. The molecule has 0 unspecified atom stereocenters. The number of benzene rings is 1. The Morgan fingerprint density at radius 2 is 2.19 bits per heavy atom. The topological polar surface area (TPSA) is 71.8 Å². The zero-order valence-electron chi connectivity index (χ0n) is 7.58. The van der Waals surface area contributed by atoms with Crippen molar-refractivity contribution in [1.29, 1.82) is 0 Å². The van der Waals surface area contributed by atoms with E-state index < -0.39 is 22.7 Å². The Hall–Kier alpha value is -1.76. The molecule has 1 N–H and O–H groups in total. The highest BCUT2D eigenvalue weighted by Gasteiger charge is 2.22. The van der Waals surface area contributed by atoms with E-state index in [9.17, 15) is 18.9 Å². The van der Waals surface area contributed by atoms with Gasteiger partial charge in [0.15, 0.2) is 5.52 Å². The Morgan fingerprint density at radius 3 is 2.75 bits per heavy atom. The smallest absolute Gasteiger partial charge is 0.275 e. The zero-order chi connectivity index (χ0) is 11.9. The average Bonchev–Trinajstić information content (AvgIpc) is 2.59. The highest BCUT2D eigenvalue weighted by atomic mass is 35.5. The van der Waals surface area contributed by atoms with Crippen LogP contribution in [0.4, 0.5) is 14.5 Å². The van der Waals surface area contributed by atoms with Crippen LogP contribution in [0.2, 0.25) is 5.02 Å². The lowest BCUT2D eigenvalue weighted by Crippen LogP contribution is -1.89. The molecular weight excluding hydrogens is 244 g/mol. The summed E-state index contributed by atoms with van der Waals surface area (Å²) in [6.45, 7) is 0. The van der Waals surface area contributed by atoms with Gasteiger partial charge in [0, 0.05) is 16.5 Å². The van der Waals surface area contributed by atoms with E-state index in [0.29, 0.717) is 0 Å². The summed E-state index contributed by atoms with van der Waals surface area (Å²) in [6, 6.07) is 2.29. The number of halogens is 3. The van der Waals surface area contributed by atoms with Crippen LogP contribution in [-0.2, 0) is 0 Å². The molecule has 1 heterocycles. The summed E-state index contributed by atoms with van der Waals surface area (Å²) < 4.78 is 25.0. The van der Waals surface area contributed by atoms with Crippen molar-refractivity contribution in [1.82, 2.24) is 10.2 Å². The van der Waals surface area contributed by atoms with E-state index in [1.54, 1.807) is 0 Å². The van der Waals surface area contributed by atoms with Crippen molar-refractivity contribution in [2.24, 2.45) is 0 Å². The summed E-state index contributed by atoms with van der Waals surface area (Å²) in [7, 11) is 0. The van der Waals surface area contributed by atoms with Gasteiger partial charge in [-0.1, -0.05) is 11.6 Å². The highest BCUT2D eigenvalue weighted by Crippen LogP contribution is 2.33. The molecule has 84 valence electrons. The van der Waals surface area contributed by atoms with Gasteiger partial charge in [-0.3, -0.25) is 15.2 Å². The van der Waals surface area contributed by atoms with E-state index in [1.807, 2.05) is 0 Å². The molecule has 0 fully saturated rings. The zero-order valence-corrected chi connectivity index (χ0v) is 8.33. The number of aromatic nitrogens is 2. The van der Waals surface area contributed by atoms with Crippen LogP contribution in [0, 0.1) is 10.1 Å². The van der Waals surface area contributed by atoms with Crippen molar-refractivity contribution in [3.8, 4) is 0 Å². The normalized spacial score (nSPS) is 11.2. The summed E-state index contributed by atoms with van der Waals surface area (Å²) in [5.74, 6) is 0. The van der Waals surface area contributed by atoms with E-state index in [0.717, 1.165) is 6.07 Å². The van der Waals surface area contributed by atoms with Gasteiger partial charge in [-0.25, -0.2) is 8.78 Å². The third kappa shape index (κ3) is 1.58. The Kier molecular flexibility index (Phi) is 2.47. The van der Waals surface area contributed by atoms with Gasteiger partial charge >= 0.3 is 0 Å². The van der Waals surface area contributed by atoms with Crippen molar-refractivity contribution < 1.29 is 13.7 Å². The molecule has 0 radical (unpaired) electrons. The standard InChI is InChI=1S/C8H4ClF2N3O2/c9-3-1-4-6(5(2-3)14(15)16)12-13-7(4)8(10)11/h1-2,8H,(H,12,13). The minimum Gasteiger partial charge on any atom is -0.275 e. The average molecular weight is 248 g/mol. The van der Waals surface area contributed by atoms with Crippen LogP contribution in [0.15, 0.2) is 12.1 Å². The van der Waals surface area contributed by atoms with Crippen LogP contribution < -0.4 is 0 Å². The quantitative estimate of drug-likeness (QED) is 0.655. The maximum atomic E-state index is 12.5. The molecule has 0 amide bonds. The number of alkyl halides is 2. The first kappa shape index (κ1) is 10.7. The number of fused-ring (bicyclic) bond motifs is 1. The maximum absolute atomic E-state index is 12.5. The van der Waals surface area contributed by atoms with Gasteiger partial charge in [-0.15, -0.1) is 0 Å². The highest BCUT2D eigenvalue weighted by molar-refractivity contribution is 6.31. The van der Waals surface area contributed by atoms with Crippen LogP contribution in [0.3, 0.4) is 0 Å². The lowest BCUT2D eigenvalue weighted by molar-refractivity contribution is -0.383. The van der Waals surface area contributed by atoms with Gasteiger partial charge < -0.3 is 0 Å². The van der Waals surface area contributed by atoms with Crippen LogP contribution in [0.5, 0.6) is 0 Å². The van der Waals surface area contributed by atoms with Crippen molar-refractivity contribution in [2.75, 3.05) is 0 Å². The minimum atomic E-state index is -2.79. The minimum absolute atomic E-state index is 0.0162. The van der Waals surface area contributed by atoms with Crippen LogP contribution >= 0.6 is 11.6 Å². The van der Waals surface area contributed by atoms with Crippen LogP contribution in [-0.4, -0.2) is 15.1 Å². The fraction of sp³-hybridized carbons (Fsp3) is 0.125. The number of nitrogens with one attached hydrogen (secondary N) is 1. The number of hydrogen-bond donors (Lipinski definition) is 1. The van der Waals surface area contributed by atoms with Gasteiger partial charge in [0.25, 0.3) is 12.1 Å². The molecule has 0 aliphatic heterocycles. The van der Waals surface area contributed by atoms with Crippen LogP contribution in [0.25, 0.3) is 10.9 Å². The molecule has 2 aromatic rings. The van der Waals surface area contributed by atoms with Crippen molar-refractivity contribution >= 4 is 28.2 Å². The molecule has 0 aliphatic carbocycles. The van der Waals surface area contributed by atoms with Gasteiger partial charge in [0.2, 0.25) is 0 Å². The van der Waals surface area contributed by atoms with E-state index in [4.69, 9.17) is 11.6 Å². The Labute approximate surface area is 92.2 Å². The summed E-state index contributed by atoms with van der Waals surface area (Å²) in [5.41, 5.74) is -0.990. The lowest BCUT2D eigenvalue weighted by atomic mass is 10.2. The number of H-pyrrole nitrogens is 1. The number of rotatable bonds is 2. The lowest BCUT2D eigenvalue weighted by Gasteiger charge is -1.97. The Bertz CT molecular complexity index is 570. The number of non-ortho nitro benzene ring substituents is 1. The molecule has 0 saturated carbocycles. The van der Waals surface area contributed by atoms with Gasteiger partial charge in [0.1, 0.15) is 5.69 Å². The molecule has 16 heavy (non-hydrogen) atoms. The van der Waals surface area contributed by atoms with Gasteiger partial charge in [-0.2, -0.15) is 5.10 Å². The molecule has 1 aromatic carbocycles. The van der Waals surface area contributed by atoms with Gasteiger partial charge in [-0.05, 0) is 6.07 Å². The van der Waals surface area contributed by atoms with E-state index >= 15 is 0 Å². The van der Waals surface area contributed by atoms with Gasteiger partial charge in [0.05, 0.1) is 4.92 Å².